The second kappa shape index (κ2) is 7.28. The molecule has 22 heavy (non-hydrogen) atoms. The van der Waals surface area contributed by atoms with Crippen molar-refractivity contribution in [3.63, 3.8) is 0 Å². The Bertz CT molecular complexity index is 702. The number of aryl methyl sites for hydroxylation is 4. The molecule has 0 aliphatic carbocycles. The van der Waals surface area contributed by atoms with Crippen molar-refractivity contribution in [1.82, 2.24) is 9.97 Å². The van der Waals surface area contributed by atoms with Gasteiger partial charge in [0, 0.05) is 5.75 Å². The van der Waals surface area contributed by atoms with Gasteiger partial charge in [-0.2, -0.15) is 5.26 Å². The zero-order chi connectivity index (χ0) is 16.1. The molecular formula is C17H19N3OS. The molecule has 4 nitrogen and oxygen atoms in total. The number of thioether (sulfide) groups is 1. The second-order valence-corrected chi connectivity index (χ2v) is 6.15. The van der Waals surface area contributed by atoms with Crippen LogP contribution in [0, 0.1) is 39.0 Å². The van der Waals surface area contributed by atoms with Crippen molar-refractivity contribution < 1.29 is 4.74 Å². The molecule has 2 rings (SSSR count). The first-order valence-corrected chi connectivity index (χ1v) is 8.08. The number of nitriles is 1. The average molecular weight is 313 g/mol. The molecule has 0 saturated heterocycles. The number of rotatable bonds is 5. The molecule has 0 spiro atoms. The number of aromatic nitrogens is 2. The molecule has 0 saturated carbocycles. The van der Waals surface area contributed by atoms with Gasteiger partial charge >= 0.3 is 0 Å². The summed E-state index contributed by atoms with van der Waals surface area (Å²) in [6.45, 7) is 8.33. The average Bonchev–Trinajstić information content (AvgIpc) is 2.45. The molecule has 0 amide bonds. The summed E-state index contributed by atoms with van der Waals surface area (Å²) in [6, 6.07) is 8.29. The maximum Gasteiger partial charge on any atom is 0.126 e. The van der Waals surface area contributed by atoms with Crippen molar-refractivity contribution in [2.75, 3.05) is 12.4 Å². The summed E-state index contributed by atoms with van der Waals surface area (Å²) in [7, 11) is 0. The highest BCUT2D eigenvalue weighted by molar-refractivity contribution is 7.99. The molecule has 1 aromatic heterocycles. The molecule has 5 heteroatoms. The van der Waals surface area contributed by atoms with Crippen molar-refractivity contribution in [3.05, 3.63) is 46.4 Å². The third kappa shape index (κ3) is 3.77. The van der Waals surface area contributed by atoms with Gasteiger partial charge in [0.2, 0.25) is 0 Å². The van der Waals surface area contributed by atoms with Crippen LogP contribution >= 0.6 is 11.8 Å². The van der Waals surface area contributed by atoms with E-state index in [2.05, 4.69) is 16.0 Å². The Kier molecular flexibility index (Phi) is 5.40. The first-order valence-electron chi connectivity index (χ1n) is 7.10. The van der Waals surface area contributed by atoms with E-state index in [9.17, 15) is 5.26 Å². The predicted octanol–water partition coefficient (Wildman–Crippen LogP) is 3.75. The van der Waals surface area contributed by atoms with E-state index in [4.69, 9.17) is 4.74 Å². The number of hydrogen-bond acceptors (Lipinski definition) is 5. The molecule has 0 fully saturated rings. The SMILES string of the molecule is Cc1nc(C)c(C#N)c(SCCOc2c(C)cccc2C)n1. The lowest BCUT2D eigenvalue weighted by Gasteiger charge is -2.12. The van der Waals surface area contributed by atoms with Crippen LogP contribution in [0.1, 0.15) is 28.2 Å². The predicted molar refractivity (Wildman–Crippen MR) is 88.4 cm³/mol. The molecule has 0 radical (unpaired) electrons. The first-order chi connectivity index (χ1) is 10.5. The van der Waals surface area contributed by atoms with Gasteiger partial charge in [-0.25, -0.2) is 9.97 Å². The van der Waals surface area contributed by atoms with Gasteiger partial charge < -0.3 is 4.74 Å². The van der Waals surface area contributed by atoms with E-state index in [1.54, 1.807) is 0 Å². The molecule has 1 heterocycles. The van der Waals surface area contributed by atoms with Crippen LogP contribution in [-0.2, 0) is 0 Å². The van der Waals surface area contributed by atoms with E-state index in [-0.39, 0.29) is 0 Å². The second-order valence-electron chi connectivity index (χ2n) is 5.07. The Morgan fingerprint density at radius 2 is 1.82 bits per heavy atom. The molecule has 0 atom stereocenters. The summed E-state index contributed by atoms with van der Waals surface area (Å²) in [5, 5.41) is 9.96. The fourth-order valence-corrected chi connectivity index (χ4v) is 3.12. The van der Waals surface area contributed by atoms with Gasteiger partial charge in [0.05, 0.1) is 12.3 Å². The van der Waals surface area contributed by atoms with Gasteiger partial charge in [-0.15, -0.1) is 11.8 Å². The van der Waals surface area contributed by atoms with Gasteiger partial charge in [0.25, 0.3) is 0 Å². The van der Waals surface area contributed by atoms with Crippen LogP contribution in [0.3, 0.4) is 0 Å². The minimum atomic E-state index is 0.558. The maximum absolute atomic E-state index is 9.22. The van der Waals surface area contributed by atoms with Crippen LogP contribution in [0.5, 0.6) is 5.75 Å². The smallest absolute Gasteiger partial charge is 0.126 e. The molecule has 0 unspecified atom stereocenters. The lowest BCUT2D eigenvalue weighted by Crippen LogP contribution is -2.05. The normalized spacial score (nSPS) is 10.3. The molecule has 2 aromatic rings. The van der Waals surface area contributed by atoms with Crippen molar-refractivity contribution in [1.29, 1.82) is 5.26 Å². The summed E-state index contributed by atoms with van der Waals surface area (Å²) < 4.78 is 5.88. The van der Waals surface area contributed by atoms with E-state index in [1.807, 2.05) is 45.9 Å². The first kappa shape index (κ1) is 16.3. The van der Waals surface area contributed by atoms with E-state index in [0.29, 0.717) is 18.0 Å². The highest BCUT2D eigenvalue weighted by Crippen LogP contribution is 2.24. The largest absolute Gasteiger partial charge is 0.492 e. The van der Waals surface area contributed by atoms with E-state index in [1.165, 1.54) is 11.8 Å². The minimum absolute atomic E-state index is 0.558. The quantitative estimate of drug-likeness (QED) is 0.478. The summed E-state index contributed by atoms with van der Waals surface area (Å²) in [6.07, 6.45) is 0. The summed E-state index contributed by atoms with van der Waals surface area (Å²) in [5.41, 5.74) is 3.56. The van der Waals surface area contributed by atoms with Gasteiger partial charge in [-0.05, 0) is 38.8 Å². The monoisotopic (exact) mass is 313 g/mol. The highest BCUT2D eigenvalue weighted by Gasteiger charge is 2.10. The standard InChI is InChI=1S/C17H19N3OS/c1-11-6-5-7-12(2)16(11)21-8-9-22-17-15(10-18)13(3)19-14(4)20-17/h5-7H,8-9H2,1-4H3. The Balaban J connectivity index is 1.99. The number of nitrogens with zero attached hydrogens (tertiary/aromatic N) is 3. The van der Waals surface area contributed by atoms with Crippen molar-refractivity contribution in [2.45, 2.75) is 32.7 Å². The van der Waals surface area contributed by atoms with Crippen LogP contribution < -0.4 is 4.74 Å². The van der Waals surface area contributed by atoms with Crippen molar-refractivity contribution in [2.24, 2.45) is 0 Å². The maximum atomic E-state index is 9.22. The number of para-hydroxylation sites is 1. The third-order valence-electron chi connectivity index (χ3n) is 3.26. The van der Waals surface area contributed by atoms with Crippen molar-refractivity contribution >= 4 is 11.8 Å². The lowest BCUT2D eigenvalue weighted by atomic mass is 10.1. The number of ether oxygens (including phenoxy) is 1. The molecule has 0 bridgehead atoms. The Labute approximate surface area is 135 Å². The Morgan fingerprint density at radius 1 is 1.14 bits per heavy atom. The van der Waals surface area contributed by atoms with E-state index >= 15 is 0 Å². The molecule has 114 valence electrons. The fourth-order valence-electron chi connectivity index (χ4n) is 2.22. The molecule has 0 aliphatic rings. The highest BCUT2D eigenvalue weighted by atomic mass is 32.2. The molecule has 0 N–H and O–H groups in total. The van der Waals surface area contributed by atoms with Gasteiger partial charge in [0.15, 0.2) is 0 Å². The lowest BCUT2D eigenvalue weighted by molar-refractivity contribution is 0.339. The van der Waals surface area contributed by atoms with E-state index in [0.717, 1.165) is 33.3 Å². The van der Waals surface area contributed by atoms with Crippen LogP contribution in [0.15, 0.2) is 23.2 Å². The van der Waals surface area contributed by atoms with Gasteiger partial charge in [-0.1, -0.05) is 18.2 Å². The van der Waals surface area contributed by atoms with Crippen LogP contribution in [-0.4, -0.2) is 22.3 Å². The van der Waals surface area contributed by atoms with Crippen LogP contribution in [0.4, 0.5) is 0 Å². The molecule has 1 aromatic carbocycles. The van der Waals surface area contributed by atoms with Crippen LogP contribution in [0.2, 0.25) is 0 Å². The fraction of sp³-hybridized carbons (Fsp3) is 0.353. The van der Waals surface area contributed by atoms with Gasteiger partial charge in [0.1, 0.15) is 28.2 Å². The zero-order valence-electron chi connectivity index (χ0n) is 13.3. The summed E-state index contributed by atoms with van der Waals surface area (Å²) in [5.74, 6) is 2.37. The zero-order valence-corrected chi connectivity index (χ0v) is 14.1. The van der Waals surface area contributed by atoms with Gasteiger partial charge in [-0.3, -0.25) is 0 Å². The minimum Gasteiger partial charge on any atom is -0.492 e. The summed E-state index contributed by atoms with van der Waals surface area (Å²) in [4.78, 5) is 8.58. The Morgan fingerprint density at radius 3 is 2.45 bits per heavy atom. The number of hydrogen-bond donors (Lipinski definition) is 0. The molecule has 0 aliphatic heterocycles. The number of benzene rings is 1. The van der Waals surface area contributed by atoms with E-state index < -0.39 is 0 Å². The summed E-state index contributed by atoms with van der Waals surface area (Å²) >= 11 is 1.53. The molecular weight excluding hydrogens is 294 g/mol. The Hall–Kier alpha value is -2.06. The third-order valence-corrected chi connectivity index (χ3v) is 4.20. The van der Waals surface area contributed by atoms with Crippen LogP contribution in [0.25, 0.3) is 0 Å². The van der Waals surface area contributed by atoms with Crippen molar-refractivity contribution in [3.8, 4) is 11.8 Å². The topological polar surface area (TPSA) is 58.8 Å².